The van der Waals surface area contributed by atoms with E-state index >= 15 is 0 Å². The number of halogens is 2. The lowest BCUT2D eigenvalue weighted by Gasteiger charge is -2.17. The summed E-state index contributed by atoms with van der Waals surface area (Å²) in [6.45, 7) is 6.75. The van der Waals surface area contributed by atoms with E-state index in [0.717, 1.165) is 37.9 Å². The molecule has 1 unspecified atom stereocenters. The Balaban J connectivity index is 3.92. The topological polar surface area (TPSA) is 26.3 Å². The van der Waals surface area contributed by atoms with Gasteiger partial charge in [0.1, 0.15) is 5.25 Å². The number of thioether (sulfide) groups is 1. The van der Waals surface area contributed by atoms with Gasteiger partial charge >= 0.3 is 5.97 Å². The van der Waals surface area contributed by atoms with Crippen molar-refractivity contribution in [2.45, 2.75) is 77.4 Å². The Morgan fingerprint density at radius 1 is 1.14 bits per heavy atom. The summed E-state index contributed by atoms with van der Waals surface area (Å²) in [5.41, 5.74) is 0. The molecular formula is C16H30F2O2S. The molecule has 126 valence electrons. The van der Waals surface area contributed by atoms with Gasteiger partial charge in [-0.25, -0.2) is 8.78 Å². The average Bonchev–Trinajstić information content (AvgIpc) is 2.40. The minimum absolute atomic E-state index is 0.0147. The van der Waals surface area contributed by atoms with Crippen molar-refractivity contribution in [3.63, 3.8) is 0 Å². The van der Waals surface area contributed by atoms with Crippen LogP contribution in [0.2, 0.25) is 0 Å². The molecule has 0 saturated heterocycles. The van der Waals surface area contributed by atoms with Gasteiger partial charge in [-0.05, 0) is 37.4 Å². The van der Waals surface area contributed by atoms with Crippen molar-refractivity contribution in [2.75, 3.05) is 12.4 Å². The highest BCUT2D eigenvalue weighted by Gasteiger charge is 2.21. The van der Waals surface area contributed by atoms with Crippen LogP contribution in [0.1, 0.15) is 65.7 Å². The molecule has 0 amide bonds. The number of unbranched alkanes of at least 4 members (excludes halogenated alkanes) is 3. The number of carbonyl (C=O) groups excluding carboxylic acids is 1. The van der Waals surface area contributed by atoms with E-state index in [1.54, 1.807) is 11.8 Å². The first-order valence-corrected chi connectivity index (χ1v) is 9.08. The molecule has 0 aromatic carbocycles. The Morgan fingerprint density at radius 3 is 2.43 bits per heavy atom. The third-order valence-corrected chi connectivity index (χ3v) is 4.39. The molecule has 0 fully saturated rings. The normalized spacial score (nSPS) is 12.9. The molecule has 0 radical (unpaired) electrons. The lowest BCUT2D eigenvalue weighted by atomic mass is 10.1. The maximum Gasteiger partial charge on any atom is 0.319 e. The molecule has 0 spiro atoms. The van der Waals surface area contributed by atoms with Crippen LogP contribution in [-0.2, 0) is 9.53 Å². The number of alkyl halides is 2. The summed E-state index contributed by atoms with van der Waals surface area (Å²) < 4.78 is 29.3. The van der Waals surface area contributed by atoms with Crippen LogP contribution in [0.3, 0.4) is 0 Å². The first-order valence-electron chi connectivity index (χ1n) is 8.03. The highest BCUT2D eigenvalue weighted by molar-refractivity contribution is 8.00. The minimum Gasteiger partial charge on any atom is -0.465 e. The molecule has 0 rings (SSSR count). The monoisotopic (exact) mass is 324 g/mol. The van der Waals surface area contributed by atoms with E-state index in [9.17, 15) is 13.6 Å². The molecule has 0 aromatic heterocycles. The van der Waals surface area contributed by atoms with Crippen LogP contribution in [-0.4, -0.2) is 30.0 Å². The molecular weight excluding hydrogens is 294 g/mol. The maximum atomic E-state index is 12.0. The van der Waals surface area contributed by atoms with Gasteiger partial charge in [0.05, 0.1) is 6.61 Å². The highest BCUT2D eigenvalue weighted by atomic mass is 32.2. The van der Waals surface area contributed by atoms with Gasteiger partial charge in [-0.2, -0.15) is 0 Å². The van der Waals surface area contributed by atoms with Crippen molar-refractivity contribution >= 4 is 17.7 Å². The van der Waals surface area contributed by atoms with Crippen LogP contribution < -0.4 is 0 Å². The van der Waals surface area contributed by atoms with E-state index in [1.165, 1.54) is 0 Å². The van der Waals surface area contributed by atoms with Crippen molar-refractivity contribution in [3.8, 4) is 0 Å². The molecule has 0 aromatic rings. The van der Waals surface area contributed by atoms with Crippen molar-refractivity contribution < 1.29 is 18.3 Å². The predicted octanol–water partition coefficient (Wildman–Crippen LogP) is 5.30. The largest absolute Gasteiger partial charge is 0.465 e. The third-order valence-electron chi connectivity index (χ3n) is 3.08. The van der Waals surface area contributed by atoms with Gasteiger partial charge in [0.15, 0.2) is 0 Å². The standard InChI is InChI=1S/C16H30F2O2S/c1-4-5-10-20-16(19)14(12-13(2)3)21-11-8-6-7-9-15(17)18/h13-15H,4-12H2,1-3H3. The number of rotatable bonds is 13. The van der Waals surface area contributed by atoms with Crippen LogP contribution in [0, 0.1) is 5.92 Å². The number of carbonyl (C=O) groups is 1. The van der Waals surface area contributed by atoms with Crippen molar-refractivity contribution in [3.05, 3.63) is 0 Å². The van der Waals surface area contributed by atoms with E-state index in [2.05, 4.69) is 20.8 Å². The summed E-state index contributed by atoms with van der Waals surface area (Å²) in [6.07, 6.45) is 2.77. The Morgan fingerprint density at radius 2 is 1.86 bits per heavy atom. The van der Waals surface area contributed by atoms with Gasteiger partial charge in [0.25, 0.3) is 0 Å². The number of esters is 1. The number of hydrogen-bond acceptors (Lipinski definition) is 3. The third kappa shape index (κ3) is 13.1. The first-order chi connectivity index (χ1) is 9.97. The van der Waals surface area contributed by atoms with Crippen LogP contribution in [0.15, 0.2) is 0 Å². The van der Waals surface area contributed by atoms with E-state index in [-0.39, 0.29) is 17.6 Å². The molecule has 21 heavy (non-hydrogen) atoms. The Labute approximate surface area is 132 Å². The maximum absolute atomic E-state index is 12.0. The second-order valence-corrected chi connectivity index (χ2v) is 7.06. The van der Waals surface area contributed by atoms with Gasteiger partial charge in [-0.15, -0.1) is 11.8 Å². The minimum atomic E-state index is -2.19. The fourth-order valence-corrected chi connectivity index (χ4v) is 3.25. The molecule has 2 nitrogen and oxygen atoms in total. The quantitative estimate of drug-likeness (QED) is 0.339. The van der Waals surface area contributed by atoms with Crippen LogP contribution in [0.25, 0.3) is 0 Å². The van der Waals surface area contributed by atoms with Crippen molar-refractivity contribution in [1.82, 2.24) is 0 Å². The Hall–Kier alpha value is -0.320. The van der Waals surface area contributed by atoms with Crippen molar-refractivity contribution in [1.29, 1.82) is 0 Å². The van der Waals surface area contributed by atoms with Gasteiger partial charge in [0.2, 0.25) is 6.43 Å². The molecule has 0 bridgehead atoms. The van der Waals surface area contributed by atoms with Crippen LogP contribution in [0.4, 0.5) is 8.78 Å². The molecule has 0 aliphatic carbocycles. The summed E-state index contributed by atoms with van der Waals surface area (Å²) in [4.78, 5) is 12.0. The smallest absolute Gasteiger partial charge is 0.319 e. The van der Waals surface area contributed by atoms with Crippen LogP contribution >= 0.6 is 11.8 Å². The van der Waals surface area contributed by atoms with Crippen LogP contribution in [0.5, 0.6) is 0 Å². The number of hydrogen-bond donors (Lipinski definition) is 0. The van der Waals surface area contributed by atoms with E-state index in [1.807, 2.05) is 0 Å². The fraction of sp³-hybridized carbons (Fsp3) is 0.938. The number of ether oxygens (including phenoxy) is 1. The van der Waals surface area contributed by atoms with E-state index in [4.69, 9.17) is 4.74 Å². The summed E-state index contributed by atoms with van der Waals surface area (Å²) in [6, 6.07) is 0. The lowest BCUT2D eigenvalue weighted by Crippen LogP contribution is -2.23. The molecule has 0 saturated carbocycles. The zero-order valence-electron chi connectivity index (χ0n) is 13.6. The van der Waals surface area contributed by atoms with Gasteiger partial charge in [-0.1, -0.05) is 33.6 Å². The summed E-state index contributed by atoms with van der Waals surface area (Å²) in [5, 5.41) is -0.114. The average molecular weight is 324 g/mol. The van der Waals surface area contributed by atoms with Crippen molar-refractivity contribution in [2.24, 2.45) is 5.92 Å². The zero-order valence-corrected chi connectivity index (χ0v) is 14.4. The molecule has 1 atom stereocenters. The summed E-state index contributed by atoms with van der Waals surface area (Å²) >= 11 is 1.61. The first kappa shape index (κ1) is 20.7. The summed E-state index contributed by atoms with van der Waals surface area (Å²) in [5.74, 6) is 1.17. The Bertz CT molecular complexity index is 261. The van der Waals surface area contributed by atoms with E-state index in [0.29, 0.717) is 18.9 Å². The van der Waals surface area contributed by atoms with Gasteiger partial charge < -0.3 is 4.74 Å². The molecule has 0 aliphatic heterocycles. The SMILES string of the molecule is CCCCOC(=O)C(CC(C)C)SCCCCCC(F)F. The molecule has 0 aliphatic rings. The summed E-state index contributed by atoms with van der Waals surface area (Å²) in [7, 11) is 0. The highest BCUT2D eigenvalue weighted by Crippen LogP contribution is 2.22. The van der Waals surface area contributed by atoms with Gasteiger partial charge in [-0.3, -0.25) is 4.79 Å². The zero-order chi connectivity index (χ0) is 16.1. The molecule has 5 heteroatoms. The lowest BCUT2D eigenvalue weighted by molar-refractivity contribution is -0.143. The van der Waals surface area contributed by atoms with E-state index < -0.39 is 6.43 Å². The second-order valence-electron chi connectivity index (χ2n) is 5.75. The van der Waals surface area contributed by atoms with Gasteiger partial charge in [0, 0.05) is 6.42 Å². The second kappa shape index (κ2) is 13.4. The fourth-order valence-electron chi connectivity index (χ4n) is 1.87. The predicted molar refractivity (Wildman–Crippen MR) is 86.0 cm³/mol. The molecule has 0 N–H and O–H groups in total. The Kier molecular flexibility index (Phi) is 13.1. The molecule has 0 heterocycles.